The van der Waals surface area contributed by atoms with Crippen molar-refractivity contribution < 1.29 is 9.18 Å². The van der Waals surface area contributed by atoms with Crippen molar-refractivity contribution in [2.24, 2.45) is 0 Å². The second-order valence-electron chi connectivity index (χ2n) is 4.53. The van der Waals surface area contributed by atoms with E-state index in [2.05, 4.69) is 5.32 Å². The van der Waals surface area contributed by atoms with Crippen LogP contribution in [-0.2, 0) is 0 Å². The van der Waals surface area contributed by atoms with Gasteiger partial charge in [0, 0.05) is 11.1 Å². The number of carbonyl (C=O) groups is 1. The summed E-state index contributed by atoms with van der Waals surface area (Å²) in [4.78, 5) is 11.6. The lowest BCUT2D eigenvalue weighted by Crippen LogP contribution is -2.39. The van der Waals surface area contributed by atoms with Gasteiger partial charge in [-0.25, -0.2) is 4.39 Å². The van der Waals surface area contributed by atoms with Crippen molar-refractivity contribution in [3.8, 4) is 0 Å². The largest absolute Gasteiger partial charge is 0.305 e. The summed E-state index contributed by atoms with van der Waals surface area (Å²) in [6.07, 6.45) is 0. The van der Waals surface area contributed by atoms with E-state index in [-0.39, 0.29) is 23.7 Å². The van der Waals surface area contributed by atoms with E-state index in [4.69, 9.17) is 0 Å². The Kier molecular flexibility index (Phi) is 3.58. The monoisotopic (exact) mass is 209 g/mol. The van der Waals surface area contributed by atoms with Crippen LogP contribution in [0.5, 0.6) is 0 Å². The number of rotatable bonds is 3. The smallest absolute Gasteiger partial charge is 0.176 e. The van der Waals surface area contributed by atoms with Crippen LogP contribution in [0.1, 0.15) is 31.1 Å². The number of nitrogens with one attached hydrogen (secondary N) is 1. The first-order valence-corrected chi connectivity index (χ1v) is 4.92. The van der Waals surface area contributed by atoms with Gasteiger partial charge in [-0.2, -0.15) is 0 Å². The molecule has 82 valence electrons. The number of hydrogen-bond donors (Lipinski definition) is 1. The molecule has 0 bridgehead atoms. The molecule has 0 aliphatic rings. The van der Waals surface area contributed by atoms with Gasteiger partial charge in [-0.1, -0.05) is 0 Å². The second-order valence-corrected chi connectivity index (χ2v) is 4.53. The van der Waals surface area contributed by atoms with Crippen molar-refractivity contribution in [1.82, 2.24) is 5.32 Å². The van der Waals surface area contributed by atoms with Crippen molar-refractivity contribution in [3.63, 3.8) is 0 Å². The van der Waals surface area contributed by atoms with E-state index >= 15 is 0 Å². The highest BCUT2D eigenvalue weighted by Crippen LogP contribution is 2.04. The molecular formula is C12H16FNO. The fourth-order valence-corrected chi connectivity index (χ4v) is 1.08. The third-order valence-electron chi connectivity index (χ3n) is 1.95. The molecule has 0 radical (unpaired) electrons. The molecule has 3 heteroatoms. The third kappa shape index (κ3) is 4.21. The van der Waals surface area contributed by atoms with Gasteiger partial charge in [0.25, 0.3) is 0 Å². The van der Waals surface area contributed by atoms with Gasteiger partial charge in [-0.15, -0.1) is 0 Å². The lowest BCUT2D eigenvalue weighted by atomic mass is 10.1. The molecule has 0 aliphatic carbocycles. The second kappa shape index (κ2) is 4.53. The first-order valence-electron chi connectivity index (χ1n) is 4.92. The Labute approximate surface area is 89.5 Å². The Morgan fingerprint density at radius 3 is 2.27 bits per heavy atom. The van der Waals surface area contributed by atoms with Crippen molar-refractivity contribution in [2.45, 2.75) is 26.3 Å². The van der Waals surface area contributed by atoms with E-state index in [1.165, 1.54) is 24.3 Å². The molecule has 0 spiro atoms. The first kappa shape index (κ1) is 11.9. The maximum atomic E-state index is 12.6. The number of Topliss-reactive ketones (excluding diaryl/α,β-unsaturated/α-hetero) is 1. The van der Waals surface area contributed by atoms with Crippen molar-refractivity contribution >= 4 is 5.78 Å². The molecule has 1 rings (SSSR count). The molecule has 0 heterocycles. The summed E-state index contributed by atoms with van der Waals surface area (Å²) in [6.45, 7) is 6.25. The summed E-state index contributed by atoms with van der Waals surface area (Å²) in [5, 5.41) is 3.09. The summed E-state index contributed by atoms with van der Waals surface area (Å²) < 4.78 is 12.6. The molecule has 1 aromatic rings. The van der Waals surface area contributed by atoms with E-state index in [1.54, 1.807) is 0 Å². The number of hydrogen-bond acceptors (Lipinski definition) is 2. The highest BCUT2D eigenvalue weighted by molar-refractivity contribution is 5.97. The van der Waals surface area contributed by atoms with Crippen molar-refractivity contribution in [3.05, 3.63) is 35.6 Å². The molecule has 0 saturated carbocycles. The minimum absolute atomic E-state index is 0.0232. The van der Waals surface area contributed by atoms with E-state index in [0.29, 0.717) is 5.56 Å². The third-order valence-corrected chi connectivity index (χ3v) is 1.95. The summed E-state index contributed by atoms with van der Waals surface area (Å²) in [5.74, 6) is -0.347. The van der Waals surface area contributed by atoms with Gasteiger partial charge >= 0.3 is 0 Å². The molecule has 0 fully saturated rings. The predicted octanol–water partition coefficient (Wildman–Crippen LogP) is 2.40. The molecule has 1 aromatic carbocycles. The predicted molar refractivity (Wildman–Crippen MR) is 58.5 cm³/mol. The van der Waals surface area contributed by atoms with Crippen molar-refractivity contribution in [1.29, 1.82) is 0 Å². The van der Waals surface area contributed by atoms with Crippen LogP contribution in [0.15, 0.2) is 24.3 Å². The Morgan fingerprint density at radius 2 is 1.80 bits per heavy atom. The first-order chi connectivity index (χ1) is 6.88. The zero-order chi connectivity index (χ0) is 11.5. The van der Waals surface area contributed by atoms with Crippen LogP contribution >= 0.6 is 0 Å². The van der Waals surface area contributed by atoms with Gasteiger partial charge in [0.05, 0.1) is 6.54 Å². The summed E-state index contributed by atoms with van der Waals surface area (Å²) >= 11 is 0. The quantitative estimate of drug-likeness (QED) is 0.774. The highest BCUT2D eigenvalue weighted by Gasteiger charge is 2.12. The van der Waals surface area contributed by atoms with Crippen LogP contribution in [0.25, 0.3) is 0 Å². The zero-order valence-electron chi connectivity index (χ0n) is 9.30. The van der Waals surface area contributed by atoms with Gasteiger partial charge < -0.3 is 5.32 Å². The van der Waals surface area contributed by atoms with E-state index < -0.39 is 0 Å². The molecule has 0 saturated heterocycles. The lowest BCUT2D eigenvalue weighted by Gasteiger charge is -2.19. The standard InChI is InChI=1S/C12H16FNO/c1-12(2,3)14-8-11(15)9-4-6-10(13)7-5-9/h4-7,14H,8H2,1-3H3. The molecular weight excluding hydrogens is 193 g/mol. The lowest BCUT2D eigenvalue weighted by molar-refractivity contribution is 0.0982. The van der Waals surface area contributed by atoms with Gasteiger partial charge in [0.2, 0.25) is 0 Å². The summed E-state index contributed by atoms with van der Waals surface area (Å²) in [5.41, 5.74) is 0.448. The highest BCUT2D eigenvalue weighted by atomic mass is 19.1. The Hall–Kier alpha value is -1.22. The minimum Gasteiger partial charge on any atom is -0.305 e. The Morgan fingerprint density at radius 1 is 1.27 bits per heavy atom. The zero-order valence-corrected chi connectivity index (χ0v) is 9.30. The van der Waals surface area contributed by atoms with Crippen LogP contribution in [0.2, 0.25) is 0 Å². The topological polar surface area (TPSA) is 29.1 Å². The molecule has 1 N–H and O–H groups in total. The van der Waals surface area contributed by atoms with Gasteiger partial charge in [0.1, 0.15) is 5.82 Å². The Bertz CT molecular complexity index is 338. The average molecular weight is 209 g/mol. The van der Waals surface area contributed by atoms with Crippen molar-refractivity contribution in [2.75, 3.05) is 6.54 Å². The Balaban J connectivity index is 2.58. The normalized spacial score (nSPS) is 11.5. The molecule has 0 unspecified atom stereocenters. The van der Waals surface area contributed by atoms with Crippen LogP contribution in [0.4, 0.5) is 4.39 Å². The van der Waals surface area contributed by atoms with Gasteiger partial charge in [-0.05, 0) is 45.0 Å². The molecule has 0 aliphatic heterocycles. The molecule has 15 heavy (non-hydrogen) atoms. The van der Waals surface area contributed by atoms with Crippen LogP contribution in [0, 0.1) is 5.82 Å². The molecule has 0 aromatic heterocycles. The number of carbonyl (C=O) groups excluding carboxylic acids is 1. The summed E-state index contributed by atoms with van der Waals surface area (Å²) in [6, 6.07) is 5.60. The maximum Gasteiger partial charge on any atom is 0.176 e. The van der Waals surface area contributed by atoms with Crippen LogP contribution < -0.4 is 5.32 Å². The SMILES string of the molecule is CC(C)(C)NCC(=O)c1ccc(F)cc1. The minimum atomic E-state index is -0.324. The fourth-order valence-electron chi connectivity index (χ4n) is 1.08. The van der Waals surface area contributed by atoms with E-state index in [1.807, 2.05) is 20.8 Å². The van der Waals surface area contributed by atoms with Gasteiger partial charge in [-0.3, -0.25) is 4.79 Å². The molecule has 0 atom stereocenters. The maximum absolute atomic E-state index is 12.6. The molecule has 2 nitrogen and oxygen atoms in total. The average Bonchev–Trinajstić information content (AvgIpc) is 2.14. The van der Waals surface area contributed by atoms with Crippen LogP contribution in [0.3, 0.4) is 0 Å². The summed E-state index contributed by atoms with van der Waals surface area (Å²) in [7, 11) is 0. The fraction of sp³-hybridized carbons (Fsp3) is 0.417. The van der Waals surface area contributed by atoms with Crippen LogP contribution in [-0.4, -0.2) is 17.9 Å². The molecule has 0 amide bonds. The number of halogens is 1. The van der Waals surface area contributed by atoms with E-state index in [0.717, 1.165) is 0 Å². The number of benzene rings is 1. The van der Waals surface area contributed by atoms with E-state index in [9.17, 15) is 9.18 Å². The number of ketones is 1. The van der Waals surface area contributed by atoms with Gasteiger partial charge in [0.15, 0.2) is 5.78 Å².